The van der Waals surface area contributed by atoms with Gasteiger partial charge in [0.2, 0.25) is 5.95 Å². The van der Waals surface area contributed by atoms with Gasteiger partial charge in [0.25, 0.3) is 5.78 Å². The van der Waals surface area contributed by atoms with E-state index in [9.17, 15) is 14.7 Å². The number of ketones is 1. The number of benzene rings is 2. The maximum Gasteiger partial charge on any atom is 0.302 e. The lowest BCUT2D eigenvalue weighted by Gasteiger charge is -2.23. The molecule has 2 N–H and O–H groups in total. The van der Waals surface area contributed by atoms with Crippen LogP contribution in [0.3, 0.4) is 0 Å². The van der Waals surface area contributed by atoms with Gasteiger partial charge in [0.15, 0.2) is 11.5 Å². The van der Waals surface area contributed by atoms with Crippen LogP contribution in [0, 0.1) is 6.92 Å². The predicted molar refractivity (Wildman–Crippen MR) is 139 cm³/mol. The first kappa shape index (κ1) is 24.6. The fourth-order valence-corrected chi connectivity index (χ4v) is 5.11. The number of carbonyl (C=O) groups is 2. The number of aromatic amines is 1. The molecule has 37 heavy (non-hydrogen) atoms. The number of hydrogen-bond donors (Lipinski definition) is 2. The third kappa shape index (κ3) is 3.96. The van der Waals surface area contributed by atoms with Crippen molar-refractivity contribution in [3.63, 3.8) is 0 Å². The standard InChI is InChI=1S/C26H20Cl2N4O5/c1-12-4-5-16-17(10-12)31-26(30-16)32-20(13-6-8-29-9-7-13)18(22(34)25(32)35)21(33)14-11-15(27)24(37-3)19(28)23(14)36-2/h4-11,20,33H,1-3H3,(H,30,31)/b21-18+. The highest BCUT2D eigenvalue weighted by Gasteiger charge is 2.48. The first-order valence-corrected chi connectivity index (χ1v) is 11.8. The van der Waals surface area contributed by atoms with Gasteiger partial charge in [-0.3, -0.25) is 19.5 Å². The molecule has 1 atom stereocenters. The van der Waals surface area contributed by atoms with Crippen molar-refractivity contribution in [1.29, 1.82) is 0 Å². The number of aromatic nitrogens is 3. The normalized spacial score (nSPS) is 17.0. The number of halogens is 2. The SMILES string of the molecule is COc1c(Cl)cc(/C(O)=C2\C(=O)C(=O)N(c3nc4ccc(C)cc4[nH]3)C2c2ccncc2)c(OC)c1Cl. The highest BCUT2D eigenvalue weighted by molar-refractivity contribution is 6.51. The number of amides is 1. The minimum Gasteiger partial charge on any atom is -0.507 e. The Kier molecular flexibility index (Phi) is 6.26. The summed E-state index contributed by atoms with van der Waals surface area (Å²) in [7, 11) is 2.73. The summed E-state index contributed by atoms with van der Waals surface area (Å²) in [6, 6.07) is 9.22. The number of aryl methyl sites for hydroxylation is 1. The summed E-state index contributed by atoms with van der Waals surface area (Å²) in [5.41, 5.74) is 2.67. The topological polar surface area (TPSA) is 118 Å². The fourth-order valence-electron chi connectivity index (χ4n) is 4.43. The number of nitrogens with one attached hydrogen (secondary N) is 1. The van der Waals surface area contributed by atoms with E-state index in [0.717, 1.165) is 5.56 Å². The molecule has 1 fully saturated rings. The second-order valence-corrected chi connectivity index (χ2v) is 9.10. The molecule has 188 valence electrons. The number of H-pyrrole nitrogens is 1. The van der Waals surface area contributed by atoms with E-state index in [1.165, 1.54) is 37.6 Å². The van der Waals surface area contributed by atoms with Crippen molar-refractivity contribution < 1.29 is 24.2 Å². The Bertz CT molecular complexity index is 1600. The van der Waals surface area contributed by atoms with Gasteiger partial charge in [-0.05, 0) is 48.4 Å². The molecule has 1 unspecified atom stereocenters. The molecule has 1 saturated heterocycles. The van der Waals surface area contributed by atoms with Gasteiger partial charge in [0.05, 0.1) is 47.5 Å². The molecule has 0 spiro atoms. The fraction of sp³-hybridized carbons (Fsp3) is 0.154. The smallest absolute Gasteiger partial charge is 0.302 e. The van der Waals surface area contributed by atoms with Crippen LogP contribution >= 0.6 is 23.2 Å². The van der Waals surface area contributed by atoms with Gasteiger partial charge < -0.3 is 19.6 Å². The summed E-state index contributed by atoms with van der Waals surface area (Å²) in [6.07, 6.45) is 3.05. The first-order valence-electron chi connectivity index (χ1n) is 11.0. The van der Waals surface area contributed by atoms with Crippen LogP contribution in [0.4, 0.5) is 5.95 Å². The lowest BCUT2D eigenvalue weighted by atomic mass is 9.95. The number of Topliss-reactive ketones (excluding diaryl/α,β-unsaturated/α-hetero) is 1. The quantitative estimate of drug-likeness (QED) is 0.203. The van der Waals surface area contributed by atoms with Gasteiger partial charge >= 0.3 is 5.91 Å². The number of ether oxygens (including phenoxy) is 2. The Labute approximate surface area is 221 Å². The van der Waals surface area contributed by atoms with Crippen molar-refractivity contribution in [2.75, 3.05) is 19.1 Å². The Balaban J connectivity index is 1.77. The Morgan fingerprint density at radius 1 is 1.05 bits per heavy atom. The number of hydrogen-bond acceptors (Lipinski definition) is 7. The number of aliphatic hydroxyl groups is 1. The number of fused-ring (bicyclic) bond motifs is 1. The van der Waals surface area contributed by atoms with Crippen LogP contribution in [0.1, 0.15) is 22.7 Å². The molecule has 11 heteroatoms. The largest absolute Gasteiger partial charge is 0.507 e. The number of pyridine rings is 1. The maximum absolute atomic E-state index is 13.5. The average Bonchev–Trinajstić information content (AvgIpc) is 3.41. The minimum absolute atomic E-state index is 0.00129. The molecule has 0 saturated carbocycles. The predicted octanol–water partition coefficient (Wildman–Crippen LogP) is 5.22. The summed E-state index contributed by atoms with van der Waals surface area (Å²) < 4.78 is 10.6. The van der Waals surface area contributed by atoms with Crippen LogP contribution in [0.15, 0.2) is 54.4 Å². The van der Waals surface area contributed by atoms with E-state index in [4.69, 9.17) is 32.7 Å². The van der Waals surface area contributed by atoms with E-state index < -0.39 is 23.5 Å². The molecular formula is C26H20Cl2N4O5. The van der Waals surface area contributed by atoms with Gasteiger partial charge in [0.1, 0.15) is 10.8 Å². The molecule has 3 heterocycles. The van der Waals surface area contributed by atoms with Crippen molar-refractivity contribution in [3.05, 3.63) is 81.1 Å². The molecule has 1 aliphatic rings. The number of imidazole rings is 1. The zero-order valence-electron chi connectivity index (χ0n) is 19.9. The Morgan fingerprint density at radius 2 is 1.76 bits per heavy atom. The number of anilines is 1. The molecule has 9 nitrogen and oxygen atoms in total. The molecule has 1 amide bonds. The highest BCUT2D eigenvalue weighted by Crippen LogP contribution is 2.47. The van der Waals surface area contributed by atoms with Gasteiger partial charge in [0, 0.05) is 12.4 Å². The van der Waals surface area contributed by atoms with Gasteiger partial charge in [-0.1, -0.05) is 29.3 Å². The van der Waals surface area contributed by atoms with Crippen LogP contribution in [0.25, 0.3) is 16.8 Å². The number of rotatable bonds is 5. The molecule has 2 aromatic heterocycles. The molecule has 0 radical (unpaired) electrons. The monoisotopic (exact) mass is 538 g/mol. The van der Waals surface area contributed by atoms with Crippen LogP contribution in [0.2, 0.25) is 10.0 Å². The van der Waals surface area contributed by atoms with Crippen LogP contribution < -0.4 is 14.4 Å². The van der Waals surface area contributed by atoms with Crippen LogP contribution in [0.5, 0.6) is 11.5 Å². The second-order valence-electron chi connectivity index (χ2n) is 8.32. The van der Waals surface area contributed by atoms with E-state index in [2.05, 4.69) is 15.0 Å². The van der Waals surface area contributed by atoms with E-state index >= 15 is 0 Å². The summed E-state index contributed by atoms with van der Waals surface area (Å²) in [5.74, 6) is -1.98. The number of nitrogens with zero attached hydrogens (tertiary/aromatic N) is 3. The van der Waals surface area contributed by atoms with Crippen molar-refractivity contribution in [2.24, 2.45) is 0 Å². The number of carbonyl (C=O) groups excluding carboxylic acids is 2. The van der Waals surface area contributed by atoms with E-state index in [1.807, 2.05) is 25.1 Å². The van der Waals surface area contributed by atoms with Gasteiger partial charge in [-0.2, -0.15) is 0 Å². The Morgan fingerprint density at radius 3 is 2.43 bits per heavy atom. The first-order chi connectivity index (χ1) is 17.8. The zero-order chi connectivity index (χ0) is 26.4. The van der Waals surface area contributed by atoms with Crippen molar-refractivity contribution >= 4 is 57.6 Å². The van der Waals surface area contributed by atoms with Gasteiger partial charge in [-0.15, -0.1) is 0 Å². The summed E-state index contributed by atoms with van der Waals surface area (Å²) >= 11 is 12.7. The zero-order valence-corrected chi connectivity index (χ0v) is 21.4. The lowest BCUT2D eigenvalue weighted by molar-refractivity contribution is -0.132. The van der Waals surface area contributed by atoms with Crippen molar-refractivity contribution in [3.8, 4) is 11.5 Å². The molecule has 0 bridgehead atoms. The third-order valence-electron chi connectivity index (χ3n) is 6.11. The molecule has 0 aliphatic carbocycles. The van der Waals surface area contributed by atoms with E-state index in [1.54, 1.807) is 12.1 Å². The third-order valence-corrected chi connectivity index (χ3v) is 6.74. The molecule has 2 aromatic carbocycles. The molecule has 5 rings (SSSR count). The Hall–Kier alpha value is -4.08. The highest BCUT2D eigenvalue weighted by atomic mass is 35.5. The van der Waals surface area contributed by atoms with Crippen molar-refractivity contribution in [2.45, 2.75) is 13.0 Å². The summed E-state index contributed by atoms with van der Waals surface area (Å²) in [4.78, 5) is 39.8. The maximum atomic E-state index is 13.5. The lowest BCUT2D eigenvalue weighted by Crippen LogP contribution is -2.30. The van der Waals surface area contributed by atoms with Crippen LogP contribution in [-0.2, 0) is 9.59 Å². The van der Waals surface area contributed by atoms with Crippen molar-refractivity contribution in [1.82, 2.24) is 15.0 Å². The number of methoxy groups -OCH3 is 2. The van der Waals surface area contributed by atoms with E-state index in [0.29, 0.717) is 16.6 Å². The second kappa shape index (κ2) is 9.42. The van der Waals surface area contributed by atoms with Crippen LogP contribution in [-0.4, -0.2) is 46.0 Å². The minimum atomic E-state index is -1.03. The molecule has 1 aliphatic heterocycles. The summed E-state index contributed by atoms with van der Waals surface area (Å²) in [6.45, 7) is 1.93. The number of aliphatic hydroxyl groups excluding tert-OH is 1. The molecular weight excluding hydrogens is 519 g/mol. The summed E-state index contributed by atoms with van der Waals surface area (Å²) in [5, 5.41) is 11.6. The van der Waals surface area contributed by atoms with E-state index in [-0.39, 0.29) is 38.6 Å². The average molecular weight is 539 g/mol. The van der Waals surface area contributed by atoms with Gasteiger partial charge in [-0.25, -0.2) is 4.98 Å². The molecule has 4 aromatic rings.